The van der Waals surface area contributed by atoms with Gasteiger partial charge in [0.15, 0.2) is 0 Å². The Balaban J connectivity index is 1.38. The number of ether oxygens (including phenoxy) is 1. The zero-order chi connectivity index (χ0) is 24.9. The lowest BCUT2D eigenvalue weighted by Crippen LogP contribution is -2.46. The van der Waals surface area contributed by atoms with Crippen LogP contribution in [0.2, 0.25) is 0 Å². The Bertz CT molecular complexity index is 1210. The molecule has 1 saturated heterocycles. The fourth-order valence-corrected chi connectivity index (χ4v) is 5.93. The van der Waals surface area contributed by atoms with Crippen molar-refractivity contribution in [3.05, 3.63) is 80.4 Å². The number of nitrogens with zero attached hydrogens (tertiary/aromatic N) is 4. The van der Waals surface area contributed by atoms with Crippen molar-refractivity contribution in [2.75, 3.05) is 45.9 Å². The highest BCUT2D eigenvalue weighted by Gasteiger charge is 2.36. The standard InChI is InChI=1S/C26H27FN4O3S2/c27-20-6-2-1-5-19(20)21-17-22(23-7-3-15-35-23)31(28-21)25(32)18-30(26(33)24-8-4-16-36-24)10-9-29-11-13-34-14-12-29/h1-8,15-16,22H,9-14,17-18H2/t22-/m0/s1. The van der Waals surface area contributed by atoms with E-state index < -0.39 is 0 Å². The van der Waals surface area contributed by atoms with Gasteiger partial charge in [-0.1, -0.05) is 30.3 Å². The van der Waals surface area contributed by atoms with Crippen LogP contribution in [0.25, 0.3) is 0 Å². The molecule has 1 atom stereocenters. The molecular weight excluding hydrogens is 499 g/mol. The number of hydrogen-bond acceptors (Lipinski definition) is 7. The maximum atomic E-state index is 14.5. The Labute approximate surface area is 217 Å². The van der Waals surface area contributed by atoms with E-state index in [1.54, 1.807) is 29.2 Å². The quantitative estimate of drug-likeness (QED) is 0.443. The number of carbonyl (C=O) groups is 2. The number of hydrazone groups is 1. The Hall–Kier alpha value is -2.92. The van der Waals surface area contributed by atoms with Gasteiger partial charge < -0.3 is 9.64 Å². The maximum absolute atomic E-state index is 14.5. The third-order valence-electron chi connectivity index (χ3n) is 6.36. The molecule has 0 N–H and O–H groups in total. The lowest BCUT2D eigenvalue weighted by molar-refractivity contribution is -0.133. The molecule has 7 nitrogen and oxygen atoms in total. The van der Waals surface area contributed by atoms with Crippen molar-refractivity contribution in [3.8, 4) is 0 Å². The monoisotopic (exact) mass is 526 g/mol. The van der Waals surface area contributed by atoms with Crippen molar-refractivity contribution in [1.82, 2.24) is 14.8 Å². The van der Waals surface area contributed by atoms with Crippen LogP contribution in [0.1, 0.15) is 32.6 Å². The molecule has 10 heteroatoms. The molecule has 4 heterocycles. The van der Waals surface area contributed by atoms with Gasteiger partial charge >= 0.3 is 0 Å². The molecule has 188 valence electrons. The average molecular weight is 527 g/mol. The summed E-state index contributed by atoms with van der Waals surface area (Å²) in [5.41, 5.74) is 0.928. The highest BCUT2D eigenvalue weighted by Crippen LogP contribution is 2.35. The molecule has 1 fully saturated rings. The van der Waals surface area contributed by atoms with Gasteiger partial charge in [0.25, 0.3) is 11.8 Å². The number of hydrogen-bond donors (Lipinski definition) is 0. The molecule has 0 unspecified atom stereocenters. The minimum atomic E-state index is -0.365. The van der Waals surface area contributed by atoms with Crippen LogP contribution in [0.4, 0.5) is 4.39 Å². The van der Waals surface area contributed by atoms with Crippen molar-refractivity contribution in [3.63, 3.8) is 0 Å². The second-order valence-corrected chi connectivity index (χ2v) is 10.6. The predicted molar refractivity (Wildman–Crippen MR) is 139 cm³/mol. The first-order valence-electron chi connectivity index (χ1n) is 11.9. The first-order valence-corrected chi connectivity index (χ1v) is 13.7. The summed E-state index contributed by atoms with van der Waals surface area (Å²) in [6.07, 6.45) is 0.417. The highest BCUT2D eigenvalue weighted by atomic mass is 32.1. The van der Waals surface area contributed by atoms with Crippen LogP contribution >= 0.6 is 22.7 Å². The van der Waals surface area contributed by atoms with Crippen molar-refractivity contribution >= 4 is 40.2 Å². The highest BCUT2D eigenvalue weighted by molar-refractivity contribution is 7.12. The summed E-state index contributed by atoms with van der Waals surface area (Å²) in [5, 5.41) is 9.83. The van der Waals surface area contributed by atoms with Gasteiger partial charge in [-0.25, -0.2) is 9.40 Å². The Morgan fingerprint density at radius 1 is 1.06 bits per heavy atom. The molecule has 0 aliphatic carbocycles. The van der Waals surface area contributed by atoms with Crippen LogP contribution in [-0.4, -0.2) is 78.3 Å². The first-order chi connectivity index (χ1) is 17.6. The lowest BCUT2D eigenvalue weighted by Gasteiger charge is -2.30. The molecule has 0 bridgehead atoms. The summed E-state index contributed by atoms with van der Waals surface area (Å²) in [5.74, 6) is -0.820. The van der Waals surface area contributed by atoms with E-state index >= 15 is 0 Å². The first kappa shape index (κ1) is 24.8. The lowest BCUT2D eigenvalue weighted by atomic mass is 10.0. The van der Waals surface area contributed by atoms with E-state index in [2.05, 4.69) is 10.0 Å². The van der Waals surface area contributed by atoms with E-state index in [1.807, 2.05) is 29.0 Å². The van der Waals surface area contributed by atoms with E-state index in [0.717, 1.165) is 18.0 Å². The largest absolute Gasteiger partial charge is 0.379 e. The van der Waals surface area contributed by atoms with Gasteiger partial charge in [0.2, 0.25) is 0 Å². The Kier molecular flexibility index (Phi) is 7.86. The van der Waals surface area contributed by atoms with E-state index in [9.17, 15) is 14.0 Å². The molecule has 2 aliphatic heterocycles. The zero-order valence-corrected chi connectivity index (χ0v) is 21.3. The minimum Gasteiger partial charge on any atom is -0.379 e. The number of thiophene rings is 2. The number of halogens is 1. The van der Waals surface area contributed by atoms with Gasteiger partial charge in [0.1, 0.15) is 12.4 Å². The number of amides is 2. The number of carbonyl (C=O) groups excluding carboxylic acids is 2. The van der Waals surface area contributed by atoms with E-state index in [-0.39, 0.29) is 30.2 Å². The summed E-state index contributed by atoms with van der Waals surface area (Å²) >= 11 is 2.90. The molecule has 0 spiro atoms. The second-order valence-electron chi connectivity index (χ2n) is 8.66. The van der Waals surface area contributed by atoms with Crippen LogP contribution in [0.3, 0.4) is 0 Å². The Morgan fingerprint density at radius 3 is 2.56 bits per heavy atom. The van der Waals surface area contributed by atoms with Gasteiger partial charge in [-0.3, -0.25) is 14.5 Å². The van der Waals surface area contributed by atoms with E-state index in [4.69, 9.17) is 4.74 Å². The van der Waals surface area contributed by atoms with Crippen molar-refractivity contribution in [2.45, 2.75) is 12.5 Å². The minimum absolute atomic E-state index is 0.100. The third kappa shape index (κ3) is 5.57. The third-order valence-corrected chi connectivity index (χ3v) is 8.19. The molecule has 2 aromatic heterocycles. The second kappa shape index (κ2) is 11.4. The molecule has 3 aromatic rings. The van der Waals surface area contributed by atoms with Gasteiger partial charge in [0.05, 0.1) is 29.8 Å². The van der Waals surface area contributed by atoms with Crippen LogP contribution < -0.4 is 0 Å². The maximum Gasteiger partial charge on any atom is 0.264 e. The predicted octanol–water partition coefficient (Wildman–Crippen LogP) is 4.10. The fourth-order valence-electron chi connectivity index (χ4n) is 4.43. The van der Waals surface area contributed by atoms with Crippen molar-refractivity contribution in [1.29, 1.82) is 0 Å². The molecule has 0 radical (unpaired) electrons. The number of morpholine rings is 1. The van der Waals surface area contributed by atoms with Gasteiger partial charge in [-0.2, -0.15) is 5.10 Å². The van der Waals surface area contributed by atoms with Crippen LogP contribution in [-0.2, 0) is 9.53 Å². The molecule has 1 aromatic carbocycles. The van der Waals surface area contributed by atoms with Crippen LogP contribution in [0, 0.1) is 5.82 Å². The average Bonchev–Trinajstić information content (AvgIpc) is 3.68. The number of rotatable bonds is 8. The van der Waals surface area contributed by atoms with E-state index in [1.165, 1.54) is 33.7 Å². The van der Waals surface area contributed by atoms with E-state index in [0.29, 0.717) is 48.9 Å². The Morgan fingerprint density at radius 2 is 1.83 bits per heavy atom. The molecular formula is C26H27FN4O3S2. The normalized spacial score (nSPS) is 18.3. The van der Waals surface area contributed by atoms with Gasteiger partial charge in [-0.05, 0) is 29.0 Å². The van der Waals surface area contributed by atoms with Crippen molar-refractivity contribution in [2.24, 2.45) is 5.10 Å². The summed E-state index contributed by atoms with van der Waals surface area (Å²) in [7, 11) is 0. The molecule has 5 rings (SSSR count). The number of benzene rings is 1. The summed E-state index contributed by atoms with van der Waals surface area (Å²) in [4.78, 5) is 32.4. The summed E-state index contributed by atoms with van der Waals surface area (Å²) in [6, 6.07) is 13.6. The van der Waals surface area contributed by atoms with Crippen LogP contribution in [0.15, 0.2) is 64.4 Å². The SMILES string of the molecule is O=C(c1cccs1)N(CCN1CCOCC1)CC(=O)N1N=C(c2ccccc2F)C[C@H]1c1cccs1. The van der Waals surface area contributed by atoms with Gasteiger partial charge in [-0.15, -0.1) is 22.7 Å². The fraction of sp³-hybridized carbons (Fsp3) is 0.346. The zero-order valence-electron chi connectivity index (χ0n) is 19.7. The van der Waals surface area contributed by atoms with Gasteiger partial charge in [0, 0.05) is 43.0 Å². The molecule has 2 aliphatic rings. The summed E-state index contributed by atoms with van der Waals surface area (Å²) < 4.78 is 20.0. The van der Waals surface area contributed by atoms with Crippen molar-refractivity contribution < 1.29 is 18.7 Å². The molecule has 2 amide bonds. The topological polar surface area (TPSA) is 65.5 Å². The molecule has 36 heavy (non-hydrogen) atoms. The van der Waals surface area contributed by atoms with Crippen LogP contribution in [0.5, 0.6) is 0 Å². The smallest absolute Gasteiger partial charge is 0.264 e. The molecule has 0 saturated carbocycles. The summed E-state index contributed by atoms with van der Waals surface area (Å²) in [6.45, 7) is 3.92.